The van der Waals surface area contributed by atoms with Crippen LogP contribution in [0.5, 0.6) is 0 Å². The molecule has 1 fully saturated rings. The molecule has 7 nitrogen and oxygen atoms in total. The van der Waals surface area contributed by atoms with Crippen molar-refractivity contribution < 1.29 is 9.59 Å². The van der Waals surface area contributed by atoms with Gasteiger partial charge in [-0.25, -0.2) is 0 Å². The summed E-state index contributed by atoms with van der Waals surface area (Å²) in [6, 6.07) is 3.17. The lowest BCUT2D eigenvalue weighted by Crippen LogP contribution is -2.49. The van der Waals surface area contributed by atoms with Crippen LogP contribution in [0.25, 0.3) is 0 Å². The molecule has 1 aliphatic heterocycles. The fraction of sp³-hybridized carbons (Fsp3) is 0.467. The number of aromatic nitrogens is 3. The molecule has 1 saturated heterocycles. The molecule has 2 aromatic heterocycles. The predicted octanol–water partition coefficient (Wildman–Crippen LogP) is 1.82. The summed E-state index contributed by atoms with van der Waals surface area (Å²) in [7, 11) is 1.77. The lowest BCUT2D eigenvalue weighted by molar-refractivity contribution is -0.121. The highest BCUT2D eigenvalue weighted by molar-refractivity contribution is 7.12. The summed E-state index contributed by atoms with van der Waals surface area (Å²) in [6.45, 7) is 2.42. The number of rotatable bonds is 3. The molecule has 0 aromatic carbocycles. The van der Waals surface area contributed by atoms with Gasteiger partial charge in [0.1, 0.15) is 11.9 Å². The van der Waals surface area contributed by atoms with E-state index in [-0.39, 0.29) is 17.8 Å². The van der Waals surface area contributed by atoms with Crippen LogP contribution in [0, 0.1) is 6.92 Å². The van der Waals surface area contributed by atoms with Gasteiger partial charge in [0.15, 0.2) is 0 Å². The Balaban J connectivity index is 1.75. The van der Waals surface area contributed by atoms with Crippen molar-refractivity contribution in [3.63, 3.8) is 0 Å². The Morgan fingerprint density at radius 3 is 2.87 bits per heavy atom. The van der Waals surface area contributed by atoms with E-state index in [2.05, 4.69) is 15.4 Å². The lowest BCUT2D eigenvalue weighted by Gasteiger charge is -2.34. The minimum atomic E-state index is -0.470. The number of amides is 2. The molecule has 2 amide bonds. The summed E-state index contributed by atoms with van der Waals surface area (Å²) in [4.78, 5) is 31.7. The maximum absolute atomic E-state index is 12.6. The number of nitrogens with one attached hydrogen (secondary N) is 1. The first kappa shape index (κ1) is 15.7. The molecule has 0 saturated carbocycles. The maximum Gasteiger partial charge on any atom is 0.264 e. The molecule has 8 heteroatoms. The number of carbonyl (C=O) groups excluding carboxylic acids is 2. The second-order valence-electron chi connectivity index (χ2n) is 5.58. The second kappa shape index (κ2) is 6.49. The van der Waals surface area contributed by atoms with Crippen LogP contribution >= 0.6 is 11.3 Å². The summed E-state index contributed by atoms with van der Waals surface area (Å²) < 4.78 is 1.60. The summed E-state index contributed by atoms with van der Waals surface area (Å²) in [5.74, 6) is 0.699. The van der Waals surface area contributed by atoms with Crippen LogP contribution in [-0.4, -0.2) is 44.1 Å². The monoisotopic (exact) mass is 333 g/mol. The normalized spacial score (nSPS) is 18.0. The van der Waals surface area contributed by atoms with Crippen LogP contribution in [0.4, 0.5) is 5.95 Å². The zero-order chi connectivity index (χ0) is 16.4. The summed E-state index contributed by atoms with van der Waals surface area (Å²) in [6.07, 6.45) is 2.51. The number of piperidine rings is 1. The molecule has 3 heterocycles. The minimum Gasteiger partial charge on any atom is -0.326 e. The third-order valence-corrected chi connectivity index (χ3v) is 4.87. The van der Waals surface area contributed by atoms with Crippen molar-refractivity contribution in [2.45, 2.75) is 32.2 Å². The van der Waals surface area contributed by atoms with E-state index in [1.54, 1.807) is 22.7 Å². The van der Waals surface area contributed by atoms with Gasteiger partial charge in [-0.2, -0.15) is 4.98 Å². The molecule has 3 rings (SSSR count). The Morgan fingerprint density at radius 1 is 1.39 bits per heavy atom. The number of nitrogens with zero attached hydrogens (tertiary/aromatic N) is 4. The van der Waals surface area contributed by atoms with E-state index in [9.17, 15) is 9.59 Å². The smallest absolute Gasteiger partial charge is 0.264 e. The van der Waals surface area contributed by atoms with E-state index < -0.39 is 6.04 Å². The summed E-state index contributed by atoms with van der Waals surface area (Å²) in [5, 5.41) is 8.74. The van der Waals surface area contributed by atoms with Gasteiger partial charge in [0.05, 0.1) is 4.88 Å². The number of hydrogen-bond donors (Lipinski definition) is 1. The second-order valence-corrected chi connectivity index (χ2v) is 6.53. The minimum absolute atomic E-state index is 0.0787. The fourth-order valence-electron chi connectivity index (χ4n) is 2.70. The SMILES string of the molecule is Cc1nc(NC(=O)C2CCCCN2C(=O)c2cccs2)nn1C. The highest BCUT2D eigenvalue weighted by Gasteiger charge is 2.33. The van der Waals surface area contributed by atoms with Crippen molar-refractivity contribution in [2.75, 3.05) is 11.9 Å². The van der Waals surface area contributed by atoms with Crippen molar-refractivity contribution in [2.24, 2.45) is 7.05 Å². The molecule has 0 spiro atoms. The number of hydrogen-bond acceptors (Lipinski definition) is 5. The first-order valence-electron chi connectivity index (χ1n) is 7.59. The molecule has 1 N–H and O–H groups in total. The van der Waals surface area contributed by atoms with Crippen molar-refractivity contribution >= 4 is 29.1 Å². The van der Waals surface area contributed by atoms with E-state index in [1.165, 1.54) is 11.3 Å². The average Bonchev–Trinajstić information content (AvgIpc) is 3.17. The molecule has 1 atom stereocenters. The van der Waals surface area contributed by atoms with Crippen LogP contribution in [0.15, 0.2) is 17.5 Å². The third kappa shape index (κ3) is 3.26. The van der Waals surface area contributed by atoms with E-state index in [0.717, 1.165) is 18.7 Å². The molecule has 0 radical (unpaired) electrons. The summed E-state index contributed by atoms with van der Waals surface area (Å²) in [5.41, 5.74) is 0. The number of aryl methyl sites for hydroxylation is 2. The standard InChI is InChI=1S/C15H19N5O2S/c1-10-16-15(18-19(10)2)17-13(21)11-6-3-4-8-20(11)14(22)12-7-5-9-23-12/h5,7,9,11H,3-4,6,8H2,1-2H3,(H,17,18,21). The largest absolute Gasteiger partial charge is 0.326 e. The van der Waals surface area contributed by atoms with Gasteiger partial charge in [-0.05, 0) is 37.6 Å². The zero-order valence-corrected chi connectivity index (χ0v) is 14.0. The Hall–Kier alpha value is -2.22. The number of anilines is 1. The lowest BCUT2D eigenvalue weighted by atomic mass is 10.0. The quantitative estimate of drug-likeness (QED) is 0.929. The van der Waals surface area contributed by atoms with E-state index in [0.29, 0.717) is 17.8 Å². The Kier molecular flexibility index (Phi) is 4.42. The molecule has 1 unspecified atom stereocenters. The Labute approximate surface area is 138 Å². The fourth-order valence-corrected chi connectivity index (χ4v) is 3.38. The van der Waals surface area contributed by atoms with Crippen LogP contribution < -0.4 is 5.32 Å². The van der Waals surface area contributed by atoms with Gasteiger partial charge in [-0.15, -0.1) is 16.4 Å². The molecule has 23 heavy (non-hydrogen) atoms. The molecule has 2 aromatic rings. The van der Waals surface area contributed by atoms with Gasteiger partial charge >= 0.3 is 0 Å². The van der Waals surface area contributed by atoms with Crippen LogP contribution in [0.2, 0.25) is 0 Å². The van der Waals surface area contributed by atoms with Gasteiger partial charge < -0.3 is 4.90 Å². The highest BCUT2D eigenvalue weighted by Crippen LogP contribution is 2.22. The Morgan fingerprint density at radius 2 is 2.22 bits per heavy atom. The van der Waals surface area contributed by atoms with Gasteiger partial charge in [-0.3, -0.25) is 19.6 Å². The summed E-state index contributed by atoms with van der Waals surface area (Å²) >= 11 is 1.40. The van der Waals surface area contributed by atoms with Crippen LogP contribution in [0.3, 0.4) is 0 Å². The van der Waals surface area contributed by atoms with Gasteiger partial charge in [0.25, 0.3) is 5.91 Å². The zero-order valence-electron chi connectivity index (χ0n) is 13.2. The van der Waals surface area contributed by atoms with Crippen molar-refractivity contribution in [3.8, 4) is 0 Å². The molecular formula is C15H19N5O2S. The van der Waals surface area contributed by atoms with Crippen molar-refractivity contribution in [1.82, 2.24) is 19.7 Å². The maximum atomic E-state index is 12.6. The van der Waals surface area contributed by atoms with E-state index in [1.807, 2.05) is 18.4 Å². The van der Waals surface area contributed by atoms with E-state index >= 15 is 0 Å². The van der Waals surface area contributed by atoms with Crippen LogP contribution in [0.1, 0.15) is 34.8 Å². The molecule has 1 aliphatic rings. The first-order valence-corrected chi connectivity index (χ1v) is 8.47. The highest BCUT2D eigenvalue weighted by atomic mass is 32.1. The van der Waals surface area contributed by atoms with Crippen molar-refractivity contribution in [3.05, 3.63) is 28.2 Å². The average molecular weight is 333 g/mol. The van der Waals surface area contributed by atoms with Gasteiger partial charge in [0, 0.05) is 13.6 Å². The third-order valence-electron chi connectivity index (χ3n) is 4.01. The van der Waals surface area contributed by atoms with Crippen LogP contribution in [-0.2, 0) is 11.8 Å². The number of likely N-dealkylation sites (tertiary alicyclic amines) is 1. The number of carbonyl (C=O) groups is 2. The Bertz CT molecular complexity index is 690. The van der Waals surface area contributed by atoms with Gasteiger partial charge in [-0.1, -0.05) is 6.07 Å². The van der Waals surface area contributed by atoms with Gasteiger partial charge in [0.2, 0.25) is 11.9 Å². The molecular weight excluding hydrogens is 314 g/mol. The molecule has 122 valence electrons. The first-order chi connectivity index (χ1) is 11.1. The predicted molar refractivity (Wildman–Crippen MR) is 87.4 cm³/mol. The molecule has 0 bridgehead atoms. The van der Waals surface area contributed by atoms with E-state index in [4.69, 9.17) is 0 Å². The topological polar surface area (TPSA) is 80.1 Å². The number of thiophene rings is 1. The van der Waals surface area contributed by atoms with Crippen molar-refractivity contribution in [1.29, 1.82) is 0 Å². The molecule has 0 aliphatic carbocycles.